The summed E-state index contributed by atoms with van der Waals surface area (Å²) in [6.07, 6.45) is 9.56. The Balaban J connectivity index is 1.25. The zero-order valence-corrected chi connectivity index (χ0v) is 17.8. The van der Waals surface area contributed by atoms with Gasteiger partial charge in [-0.15, -0.1) is 0 Å². The maximum absolute atomic E-state index is 12.3. The van der Waals surface area contributed by atoms with Crippen LogP contribution in [-0.4, -0.2) is 59.1 Å². The third kappa shape index (κ3) is 5.00. The average molecular weight is 427 g/mol. The number of nitrogens with zero attached hydrogens (tertiary/aromatic N) is 7. The molecule has 158 valence electrons. The molecule has 1 amide bonds. The van der Waals surface area contributed by atoms with Gasteiger partial charge in [0.15, 0.2) is 4.77 Å². The average Bonchev–Trinajstić information content (AvgIpc) is 3.35. The number of carbonyl (C=O) groups is 1. The summed E-state index contributed by atoms with van der Waals surface area (Å²) in [6.45, 7) is 3.21. The van der Waals surface area contributed by atoms with E-state index in [1.165, 1.54) is 0 Å². The van der Waals surface area contributed by atoms with Gasteiger partial charge in [-0.25, -0.2) is 4.68 Å². The molecule has 0 saturated carbocycles. The molecule has 9 nitrogen and oxygen atoms in total. The molecule has 0 unspecified atom stereocenters. The number of aromatic nitrogens is 6. The molecular weight excluding hydrogens is 400 g/mol. The molecule has 1 aliphatic rings. The molecule has 1 saturated heterocycles. The summed E-state index contributed by atoms with van der Waals surface area (Å²) in [5.74, 6) is -0.0598. The number of hydrogen-bond donors (Lipinski definition) is 1. The normalized spacial score (nSPS) is 15.4. The molecule has 0 aromatic carbocycles. The van der Waals surface area contributed by atoms with E-state index in [9.17, 15) is 4.79 Å². The molecular formula is C20H26N8OS. The van der Waals surface area contributed by atoms with Gasteiger partial charge in [0, 0.05) is 57.2 Å². The van der Waals surface area contributed by atoms with Crippen LogP contribution < -0.4 is 5.32 Å². The number of nitrogens with one attached hydrogen (secondary N) is 1. The van der Waals surface area contributed by atoms with Crippen LogP contribution in [0.2, 0.25) is 0 Å². The minimum Gasteiger partial charge on any atom is -0.349 e. The summed E-state index contributed by atoms with van der Waals surface area (Å²) >= 11 is 5.60. The van der Waals surface area contributed by atoms with Gasteiger partial charge in [0.05, 0.1) is 18.4 Å². The van der Waals surface area contributed by atoms with E-state index in [-0.39, 0.29) is 11.9 Å². The van der Waals surface area contributed by atoms with Gasteiger partial charge < -0.3 is 9.88 Å². The Labute approximate surface area is 180 Å². The molecule has 0 aliphatic carbocycles. The lowest BCUT2D eigenvalue weighted by Crippen LogP contribution is -2.45. The van der Waals surface area contributed by atoms with E-state index < -0.39 is 0 Å². The molecule has 10 heteroatoms. The molecule has 0 bridgehead atoms. The maximum Gasteiger partial charge on any atom is 0.254 e. The van der Waals surface area contributed by atoms with Crippen LogP contribution in [-0.2, 0) is 26.7 Å². The van der Waals surface area contributed by atoms with Gasteiger partial charge in [-0.2, -0.15) is 10.2 Å². The molecule has 1 fully saturated rings. The van der Waals surface area contributed by atoms with Crippen LogP contribution in [0.5, 0.6) is 0 Å². The summed E-state index contributed by atoms with van der Waals surface area (Å²) in [5.41, 5.74) is 1.64. The Bertz CT molecular complexity index is 1030. The summed E-state index contributed by atoms with van der Waals surface area (Å²) in [7, 11) is 1.81. The number of carbonyl (C=O) groups excluding carboxylic acids is 1. The Morgan fingerprint density at radius 3 is 2.80 bits per heavy atom. The monoisotopic (exact) mass is 426 g/mol. The highest BCUT2D eigenvalue weighted by Gasteiger charge is 2.22. The zero-order valence-electron chi connectivity index (χ0n) is 17.0. The van der Waals surface area contributed by atoms with Crippen molar-refractivity contribution in [3.05, 3.63) is 59.1 Å². The minimum absolute atomic E-state index is 0.0598. The van der Waals surface area contributed by atoms with Gasteiger partial charge in [0.2, 0.25) is 0 Å². The molecule has 1 aliphatic heterocycles. The smallest absolute Gasteiger partial charge is 0.254 e. The second kappa shape index (κ2) is 9.31. The van der Waals surface area contributed by atoms with Crippen LogP contribution in [0.15, 0.2) is 43.1 Å². The van der Waals surface area contributed by atoms with Gasteiger partial charge in [0.25, 0.3) is 5.91 Å². The molecule has 0 radical (unpaired) electrons. The first kappa shape index (κ1) is 20.4. The standard InChI is InChI=1S/C20H26N8OS/c1-25-13-16(12-22-25)19(29)24-18-5-9-26(10-6-18)15-28-20(30)27(14-23-28)11-7-17-4-2-3-8-21-17/h2-4,8,12-14,18H,5-7,9-11,15H2,1H3,(H,24,29). The molecule has 4 rings (SSSR count). The fraction of sp³-hybridized carbons (Fsp3) is 0.450. The first-order valence-corrected chi connectivity index (χ1v) is 10.5. The van der Waals surface area contributed by atoms with Gasteiger partial charge in [0.1, 0.15) is 6.33 Å². The Hall–Kier alpha value is -2.85. The zero-order chi connectivity index (χ0) is 20.9. The largest absolute Gasteiger partial charge is 0.349 e. The Morgan fingerprint density at radius 2 is 2.10 bits per heavy atom. The fourth-order valence-electron chi connectivity index (χ4n) is 3.62. The second-order valence-corrected chi connectivity index (χ2v) is 7.95. The van der Waals surface area contributed by atoms with Crippen molar-refractivity contribution in [3.8, 4) is 0 Å². The maximum atomic E-state index is 12.3. The summed E-state index contributed by atoms with van der Waals surface area (Å²) in [4.78, 5) is 19.0. The predicted molar refractivity (Wildman–Crippen MR) is 114 cm³/mol. The van der Waals surface area contributed by atoms with Crippen molar-refractivity contribution < 1.29 is 4.79 Å². The summed E-state index contributed by atoms with van der Waals surface area (Å²) in [5, 5.41) is 11.6. The van der Waals surface area contributed by atoms with E-state index in [0.29, 0.717) is 12.2 Å². The lowest BCUT2D eigenvalue weighted by molar-refractivity contribution is 0.0895. The van der Waals surface area contributed by atoms with Crippen LogP contribution in [0, 0.1) is 4.77 Å². The van der Waals surface area contributed by atoms with E-state index in [4.69, 9.17) is 12.2 Å². The quantitative estimate of drug-likeness (QED) is 0.578. The number of amides is 1. The first-order valence-electron chi connectivity index (χ1n) is 10.1. The highest BCUT2D eigenvalue weighted by Crippen LogP contribution is 2.12. The van der Waals surface area contributed by atoms with E-state index in [0.717, 1.165) is 49.4 Å². The van der Waals surface area contributed by atoms with E-state index in [2.05, 4.69) is 25.4 Å². The number of piperidine rings is 1. The molecule has 1 N–H and O–H groups in total. The van der Waals surface area contributed by atoms with Gasteiger partial charge in [-0.05, 0) is 37.2 Å². The SMILES string of the molecule is Cn1cc(C(=O)NC2CCN(Cn3ncn(CCc4ccccn4)c3=S)CC2)cn1. The van der Waals surface area contributed by atoms with Gasteiger partial charge >= 0.3 is 0 Å². The van der Waals surface area contributed by atoms with Crippen molar-refractivity contribution in [3.63, 3.8) is 0 Å². The van der Waals surface area contributed by atoms with Crippen LogP contribution in [0.25, 0.3) is 0 Å². The third-order valence-corrected chi connectivity index (χ3v) is 5.80. The van der Waals surface area contributed by atoms with E-state index in [1.807, 2.05) is 27.4 Å². The molecule has 0 atom stereocenters. The van der Waals surface area contributed by atoms with E-state index >= 15 is 0 Å². The molecule has 3 aromatic heterocycles. The molecule has 3 aromatic rings. The predicted octanol–water partition coefficient (Wildman–Crippen LogP) is 1.64. The van der Waals surface area contributed by atoms with Crippen LogP contribution in [0.3, 0.4) is 0 Å². The minimum atomic E-state index is -0.0598. The van der Waals surface area contributed by atoms with Gasteiger partial charge in [-0.3, -0.25) is 19.4 Å². The van der Waals surface area contributed by atoms with E-state index in [1.54, 1.807) is 36.6 Å². The van der Waals surface area contributed by atoms with Crippen molar-refractivity contribution in [1.29, 1.82) is 0 Å². The fourth-order valence-corrected chi connectivity index (χ4v) is 3.86. The molecule has 0 spiro atoms. The summed E-state index contributed by atoms with van der Waals surface area (Å²) in [6, 6.07) is 6.11. The molecule has 30 heavy (non-hydrogen) atoms. The first-order chi connectivity index (χ1) is 14.6. The molecule has 4 heterocycles. The second-order valence-electron chi connectivity index (χ2n) is 7.59. The third-order valence-electron chi connectivity index (χ3n) is 5.36. The summed E-state index contributed by atoms with van der Waals surface area (Å²) < 4.78 is 6.21. The number of rotatable bonds is 7. The van der Waals surface area contributed by atoms with Crippen molar-refractivity contribution in [1.82, 2.24) is 39.3 Å². The van der Waals surface area contributed by atoms with Crippen molar-refractivity contribution in [2.75, 3.05) is 13.1 Å². The number of hydrogen-bond acceptors (Lipinski definition) is 6. The van der Waals surface area contributed by atoms with Gasteiger partial charge in [-0.1, -0.05) is 6.07 Å². The van der Waals surface area contributed by atoms with Crippen molar-refractivity contribution >= 4 is 18.1 Å². The Kier molecular flexibility index (Phi) is 6.34. The Morgan fingerprint density at radius 1 is 1.27 bits per heavy atom. The number of likely N-dealkylation sites (tertiary alicyclic amines) is 1. The number of pyridine rings is 1. The topological polar surface area (TPSA) is 85.8 Å². The highest BCUT2D eigenvalue weighted by molar-refractivity contribution is 7.71. The number of aryl methyl sites for hydroxylation is 3. The lowest BCUT2D eigenvalue weighted by atomic mass is 10.1. The van der Waals surface area contributed by atoms with Crippen molar-refractivity contribution in [2.24, 2.45) is 7.05 Å². The highest BCUT2D eigenvalue weighted by atomic mass is 32.1. The van der Waals surface area contributed by atoms with Crippen LogP contribution >= 0.6 is 12.2 Å². The lowest BCUT2D eigenvalue weighted by Gasteiger charge is -2.31. The van der Waals surface area contributed by atoms with Crippen LogP contribution in [0.1, 0.15) is 28.9 Å². The van der Waals surface area contributed by atoms with Crippen molar-refractivity contribution in [2.45, 2.75) is 38.5 Å². The van der Waals surface area contributed by atoms with Crippen LogP contribution in [0.4, 0.5) is 0 Å².